The number of rotatable bonds is 9. The fourth-order valence-electron chi connectivity index (χ4n) is 2.27. The number of carbonyl (C=O) groups is 4. The van der Waals surface area contributed by atoms with Gasteiger partial charge in [0, 0.05) is 12.3 Å². The molecule has 3 N–H and O–H groups in total. The number of hydrogen-bond acceptors (Lipinski definition) is 11. The van der Waals surface area contributed by atoms with E-state index in [0.29, 0.717) is 0 Å². The lowest BCUT2D eigenvalue weighted by Gasteiger charge is -2.42. The van der Waals surface area contributed by atoms with Gasteiger partial charge in [-0.15, -0.1) is 22.9 Å². The Morgan fingerprint density at radius 2 is 2.06 bits per heavy atom. The summed E-state index contributed by atoms with van der Waals surface area (Å²) in [7, 11) is -5.04. The number of ether oxygens (including phenoxy) is 1. The van der Waals surface area contributed by atoms with Crippen molar-refractivity contribution in [2.24, 2.45) is 5.16 Å². The second kappa shape index (κ2) is 10.2. The molecule has 0 bridgehead atoms. The minimum Gasteiger partial charge on any atom is -0.438 e. The monoisotopic (exact) mass is 511 g/mol. The Bertz CT molecular complexity index is 1060. The zero-order valence-electron chi connectivity index (χ0n) is 16.8. The number of nitrogens with one attached hydrogen (secondary N) is 2. The van der Waals surface area contributed by atoms with Crippen molar-refractivity contribution in [1.82, 2.24) is 14.6 Å². The molecule has 1 aromatic rings. The Morgan fingerprint density at radius 1 is 1.41 bits per heavy atom. The summed E-state index contributed by atoms with van der Waals surface area (Å²) >= 11 is 6.37. The van der Waals surface area contributed by atoms with Crippen LogP contribution >= 0.6 is 22.9 Å². The molecule has 0 radical (unpaired) electrons. The summed E-state index contributed by atoms with van der Waals surface area (Å²) in [5.41, 5.74) is -0.457. The first-order valence-corrected chi connectivity index (χ1v) is 11.5. The molecule has 0 saturated carbocycles. The number of carbonyl (C=O) groups excluding carboxylic acids is 4. The highest BCUT2D eigenvalue weighted by Gasteiger charge is 2.56. The predicted molar refractivity (Wildman–Crippen MR) is 110 cm³/mol. The molecule has 1 aromatic heterocycles. The Balaban J connectivity index is 2.28. The quantitative estimate of drug-likeness (QED) is 0.0968. The number of aromatic nitrogens is 1. The summed E-state index contributed by atoms with van der Waals surface area (Å²) < 4.78 is 36.5. The van der Waals surface area contributed by atoms with Crippen molar-refractivity contribution in [3.63, 3.8) is 0 Å². The second-order valence-electron chi connectivity index (χ2n) is 6.38. The van der Waals surface area contributed by atoms with Crippen LogP contribution in [0.4, 0.5) is 5.13 Å². The van der Waals surface area contributed by atoms with Crippen molar-refractivity contribution in [2.75, 3.05) is 11.2 Å². The molecule has 17 heteroatoms. The van der Waals surface area contributed by atoms with E-state index in [-0.39, 0.29) is 21.0 Å². The van der Waals surface area contributed by atoms with E-state index in [0.717, 1.165) is 18.3 Å². The number of anilines is 1. The van der Waals surface area contributed by atoms with Crippen LogP contribution in [0.25, 0.3) is 0 Å². The van der Waals surface area contributed by atoms with Gasteiger partial charge in [-0.3, -0.25) is 23.7 Å². The first-order chi connectivity index (χ1) is 14.8. The smallest absolute Gasteiger partial charge is 0.365 e. The molecule has 2 rings (SSSR count). The number of hydrogen-bond donors (Lipinski definition) is 3. The van der Waals surface area contributed by atoms with E-state index in [4.69, 9.17) is 25.7 Å². The average molecular weight is 512 g/mol. The topological polar surface area (TPSA) is 194 Å². The molecule has 0 aromatic carbocycles. The molecular weight excluding hydrogens is 494 g/mol. The first-order valence-electron chi connectivity index (χ1n) is 8.69. The highest BCUT2D eigenvalue weighted by atomic mass is 35.5. The predicted octanol–water partition coefficient (Wildman–Crippen LogP) is -0.531. The Morgan fingerprint density at radius 3 is 2.59 bits per heavy atom. The van der Waals surface area contributed by atoms with Gasteiger partial charge in [-0.05, 0) is 13.8 Å². The van der Waals surface area contributed by atoms with Gasteiger partial charge in [-0.25, -0.2) is 4.98 Å². The summed E-state index contributed by atoms with van der Waals surface area (Å²) in [5.74, 6) is -4.10. The van der Waals surface area contributed by atoms with Crippen LogP contribution in [0.15, 0.2) is 10.5 Å². The molecular formula is C15H18ClN5O9S2. The first kappa shape index (κ1) is 25.4. The fraction of sp³-hybridized carbons (Fsp3) is 0.467. The maximum absolute atomic E-state index is 12.8. The maximum atomic E-state index is 12.8. The minimum atomic E-state index is -5.04. The number of amides is 3. The molecule has 1 fully saturated rings. The van der Waals surface area contributed by atoms with Crippen LogP contribution in [0.5, 0.6) is 0 Å². The van der Waals surface area contributed by atoms with E-state index in [1.165, 1.54) is 5.38 Å². The van der Waals surface area contributed by atoms with Crippen LogP contribution in [0.3, 0.4) is 0 Å². The van der Waals surface area contributed by atoms with Crippen molar-refractivity contribution >= 4 is 67.8 Å². The number of oxime groups is 1. The maximum Gasteiger partial charge on any atom is 0.365 e. The molecule has 2 heterocycles. The third kappa shape index (κ3) is 6.12. The summed E-state index contributed by atoms with van der Waals surface area (Å²) in [4.78, 5) is 56.7. The minimum absolute atomic E-state index is 0.0412. The Hall–Kier alpha value is -2.82. The number of halogens is 1. The van der Waals surface area contributed by atoms with Gasteiger partial charge in [-0.1, -0.05) is 5.16 Å². The van der Waals surface area contributed by atoms with E-state index in [1.807, 2.05) is 0 Å². The van der Waals surface area contributed by atoms with Crippen LogP contribution in [-0.2, 0) is 39.1 Å². The lowest BCUT2D eigenvalue weighted by Crippen LogP contribution is -2.73. The van der Waals surface area contributed by atoms with E-state index in [9.17, 15) is 27.6 Å². The van der Waals surface area contributed by atoms with Crippen molar-refractivity contribution in [3.05, 3.63) is 11.1 Å². The van der Waals surface area contributed by atoms with Crippen LogP contribution in [0.2, 0.25) is 0 Å². The molecule has 2 atom stereocenters. The highest BCUT2D eigenvalue weighted by molar-refractivity contribution is 7.84. The zero-order valence-corrected chi connectivity index (χ0v) is 19.2. The van der Waals surface area contributed by atoms with E-state index in [1.54, 1.807) is 13.8 Å². The third-order valence-corrected chi connectivity index (χ3v) is 5.39. The van der Waals surface area contributed by atoms with Gasteiger partial charge >= 0.3 is 16.3 Å². The fourth-order valence-corrected chi connectivity index (χ4v) is 3.81. The van der Waals surface area contributed by atoms with Crippen molar-refractivity contribution < 1.29 is 41.7 Å². The van der Waals surface area contributed by atoms with Gasteiger partial charge in [0.15, 0.2) is 16.9 Å². The van der Waals surface area contributed by atoms with E-state index in [2.05, 4.69) is 20.8 Å². The van der Waals surface area contributed by atoms with Gasteiger partial charge in [-0.2, -0.15) is 12.7 Å². The standard InChI is InChI=1S/C15H18ClN5O9S2/c1-6(2)30-20-10(8-5-31-15(17-8)18-9(23)4-16)12(24)19-11-13(25)21(32(26,27)28)14(11)29-7(3)22/h5-6,11,14H,4H2,1-3H3,(H,19,24)(H,17,18,23)(H,26,27,28)/b20-10+/t11-,14+/m1/s1. The number of nitrogens with zero attached hydrogens (tertiary/aromatic N) is 3. The molecule has 0 spiro atoms. The largest absolute Gasteiger partial charge is 0.438 e. The molecule has 1 aliphatic heterocycles. The molecule has 3 amide bonds. The number of esters is 1. The summed E-state index contributed by atoms with van der Waals surface area (Å²) in [6.07, 6.45) is -2.25. The van der Waals surface area contributed by atoms with Gasteiger partial charge in [0.2, 0.25) is 12.1 Å². The van der Waals surface area contributed by atoms with Crippen molar-refractivity contribution in [3.8, 4) is 0 Å². The molecule has 0 unspecified atom stereocenters. The molecule has 0 aliphatic carbocycles. The average Bonchev–Trinajstić information content (AvgIpc) is 3.12. The van der Waals surface area contributed by atoms with Crippen LogP contribution < -0.4 is 10.6 Å². The zero-order chi connectivity index (χ0) is 24.2. The highest BCUT2D eigenvalue weighted by Crippen LogP contribution is 2.25. The Kier molecular flexibility index (Phi) is 8.11. The second-order valence-corrected chi connectivity index (χ2v) is 8.79. The molecule has 176 valence electrons. The lowest BCUT2D eigenvalue weighted by molar-refractivity contribution is -0.178. The molecule has 14 nitrogen and oxygen atoms in total. The molecule has 32 heavy (non-hydrogen) atoms. The Labute approximate surface area is 190 Å². The SMILES string of the molecule is CC(=O)O[C@H]1[C@H](NC(=O)/C(=N/OC(C)C)c2csc(NC(=O)CCl)n2)C(=O)N1S(=O)(=O)O. The molecule has 1 aliphatic rings. The van der Waals surface area contributed by atoms with Crippen LogP contribution in [0, 0.1) is 0 Å². The number of alkyl halides is 1. The van der Waals surface area contributed by atoms with Crippen molar-refractivity contribution in [1.29, 1.82) is 0 Å². The van der Waals surface area contributed by atoms with Crippen LogP contribution in [0.1, 0.15) is 26.5 Å². The number of β-lactam (4-membered cyclic amide) rings is 1. The number of thiazole rings is 1. The molecule has 1 saturated heterocycles. The summed E-state index contributed by atoms with van der Waals surface area (Å²) in [6, 6.07) is -1.63. The van der Waals surface area contributed by atoms with Gasteiger partial charge < -0.3 is 20.2 Å². The van der Waals surface area contributed by atoms with Gasteiger partial charge in [0.1, 0.15) is 17.7 Å². The third-order valence-electron chi connectivity index (χ3n) is 3.51. The summed E-state index contributed by atoms with van der Waals surface area (Å²) in [6.45, 7) is 4.20. The van der Waals surface area contributed by atoms with Gasteiger partial charge in [0.05, 0.1) is 0 Å². The summed E-state index contributed by atoms with van der Waals surface area (Å²) in [5, 5.41) is 9.73. The van der Waals surface area contributed by atoms with Crippen LogP contribution in [-0.4, -0.2) is 75.9 Å². The van der Waals surface area contributed by atoms with E-state index >= 15 is 0 Å². The van der Waals surface area contributed by atoms with Crippen molar-refractivity contribution in [2.45, 2.75) is 39.1 Å². The van der Waals surface area contributed by atoms with E-state index < -0.39 is 58.1 Å². The normalized spacial score (nSPS) is 18.8. The lowest BCUT2D eigenvalue weighted by atomic mass is 10.1. The van der Waals surface area contributed by atoms with Gasteiger partial charge in [0.25, 0.3) is 11.8 Å².